The molecule has 3 unspecified atom stereocenters. The van der Waals surface area contributed by atoms with Crippen molar-refractivity contribution in [1.29, 1.82) is 0 Å². The summed E-state index contributed by atoms with van der Waals surface area (Å²) in [4.78, 5) is 12.4. The highest BCUT2D eigenvalue weighted by Crippen LogP contribution is 2.35. The molecule has 2 saturated heterocycles. The molecule has 0 bridgehead atoms. The van der Waals surface area contributed by atoms with Crippen LogP contribution in [-0.2, 0) is 9.47 Å². The molecule has 8 atom stereocenters. The number of anilines is 1. The summed E-state index contributed by atoms with van der Waals surface area (Å²) in [5.41, 5.74) is 6.25. The van der Waals surface area contributed by atoms with Crippen LogP contribution in [0.25, 0.3) is 11.2 Å². The zero-order valence-corrected chi connectivity index (χ0v) is 14.5. The van der Waals surface area contributed by atoms with Crippen LogP contribution in [0.15, 0.2) is 6.33 Å². The Morgan fingerprint density at radius 3 is 2.18 bits per heavy atom. The van der Waals surface area contributed by atoms with E-state index in [1.807, 2.05) is 0 Å². The van der Waals surface area contributed by atoms with E-state index in [9.17, 15) is 30.6 Å². The van der Waals surface area contributed by atoms with Gasteiger partial charge in [0.25, 0.3) is 0 Å². The Kier molecular flexibility index (Phi) is 4.93. The fourth-order valence-electron chi connectivity index (χ4n) is 3.49. The minimum atomic E-state index is -1.39. The van der Waals surface area contributed by atoms with Crippen molar-refractivity contribution in [3.63, 3.8) is 0 Å². The van der Waals surface area contributed by atoms with Crippen molar-refractivity contribution in [3.05, 3.63) is 12.2 Å². The number of aliphatic hydroxyl groups is 6. The Bertz CT molecular complexity index is 864. The number of fused-ring (bicyclic) bond motifs is 1. The Balaban J connectivity index is 1.74. The van der Waals surface area contributed by atoms with E-state index in [0.717, 1.165) is 0 Å². The van der Waals surface area contributed by atoms with Crippen LogP contribution in [0.5, 0.6) is 0 Å². The van der Waals surface area contributed by atoms with Gasteiger partial charge in [0.15, 0.2) is 23.5 Å². The van der Waals surface area contributed by atoms with Crippen molar-refractivity contribution in [1.82, 2.24) is 19.5 Å². The molecule has 4 rings (SSSR count). The third kappa shape index (κ3) is 2.84. The number of rotatable bonds is 4. The lowest BCUT2D eigenvalue weighted by molar-refractivity contribution is -0.0512. The predicted molar refractivity (Wildman–Crippen MR) is 89.5 cm³/mol. The molecule has 0 saturated carbocycles. The van der Waals surface area contributed by atoms with Crippen molar-refractivity contribution in [3.8, 4) is 0 Å². The van der Waals surface area contributed by atoms with Gasteiger partial charge in [-0.05, 0) is 0 Å². The largest absolute Gasteiger partial charge is 0.394 e. The molecule has 4 heterocycles. The first-order chi connectivity index (χ1) is 13.4. The second-order valence-electron chi connectivity index (χ2n) is 6.78. The van der Waals surface area contributed by atoms with Gasteiger partial charge in [-0.3, -0.25) is 4.57 Å². The number of ether oxygens (including phenoxy) is 2. The number of nitrogens with two attached hydrogens (primary N) is 1. The zero-order chi connectivity index (χ0) is 20.2. The number of imidazole rings is 1. The van der Waals surface area contributed by atoms with E-state index in [2.05, 4.69) is 15.0 Å². The monoisotopic (exact) mass is 399 g/mol. The molecule has 0 spiro atoms. The number of nitrogen functional groups attached to an aromatic ring is 1. The number of aromatic nitrogens is 4. The van der Waals surface area contributed by atoms with Gasteiger partial charge in [0, 0.05) is 0 Å². The summed E-state index contributed by atoms with van der Waals surface area (Å²) in [5.74, 6) is -0.0933. The van der Waals surface area contributed by atoms with Gasteiger partial charge in [-0.25, -0.2) is 15.0 Å². The lowest BCUT2D eigenvalue weighted by Gasteiger charge is -2.18. The number of hydrogen-bond acceptors (Lipinski definition) is 12. The minimum Gasteiger partial charge on any atom is -0.394 e. The van der Waals surface area contributed by atoms with Gasteiger partial charge in [-0.1, -0.05) is 0 Å². The maximum Gasteiger partial charge on any atom is 0.168 e. The van der Waals surface area contributed by atoms with E-state index in [4.69, 9.17) is 15.2 Å². The van der Waals surface area contributed by atoms with E-state index in [1.54, 1.807) is 0 Å². The lowest BCUT2D eigenvalue weighted by atomic mass is 10.1. The Hall–Kier alpha value is -1.97. The van der Waals surface area contributed by atoms with E-state index < -0.39 is 62.2 Å². The van der Waals surface area contributed by atoms with E-state index in [0.29, 0.717) is 0 Å². The second-order valence-corrected chi connectivity index (χ2v) is 6.78. The van der Waals surface area contributed by atoms with Crippen LogP contribution < -0.4 is 5.73 Å². The Morgan fingerprint density at radius 1 is 0.929 bits per heavy atom. The molecular weight excluding hydrogens is 378 g/mol. The van der Waals surface area contributed by atoms with Gasteiger partial charge in [0.2, 0.25) is 0 Å². The molecule has 13 heteroatoms. The second kappa shape index (κ2) is 7.13. The van der Waals surface area contributed by atoms with E-state index in [1.165, 1.54) is 10.9 Å². The fraction of sp³-hybridized carbons (Fsp3) is 0.667. The van der Waals surface area contributed by atoms with Crippen LogP contribution in [0.4, 0.5) is 5.82 Å². The summed E-state index contributed by atoms with van der Waals surface area (Å²) < 4.78 is 12.2. The van der Waals surface area contributed by atoms with Crippen LogP contribution in [0.3, 0.4) is 0 Å². The zero-order valence-electron chi connectivity index (χ0n) is 14.5. The molecule has 2 aromatic heterocycles. The summed E-state index contributed by atoms with van der Waals surface area (Å²) >= 11 is 0. The smallest absolute Gasteiger partial charge is 0.168 e. The van der Waals surface area contributed by atoms with E-state index >= 15 is 0 Å². The average Bonchev–Trinajstić information content (AvgIpc) is 3.32. The summed E-state index contributed by atoms with van der Waals surface area (Å²) in [6, 6.07) is 0. The maximum absolute atomic E-state index is 10.2. The average molecular weight is 399 g/mol. The molecule has 0 aliphatic carbocycles. The quantitative estimate of drug-likeness (QED) is 0.264. The summed E-state index contributed by atoms with van der Waals surface area (Å²) in [5, 5.41) is 58.8. The van der Waals surface area contributed by atoms with Crippen molar-refractivity contribution in [2.24, 2.45) is 0 Å². The lowest BCUT2D eigenvalue weighted by Crippen LogP contribution is -2.33. The topological polar surface area (TPSA) is 209 Å². The van der Waals surface area contributed by atoms with Gasteiger partial charge >= 0.3 is 0 Å². The first-order valence-electron chi connectivity index (χ1n) is 8.62. The molecule has 2 fully saturated rings. The van der Waals surface area contributed by atoms with Gasteiger partial charge < -0.3 is 45.8 Å². The Morgan fingerprint density at radius 2 is 1.57 bits per heavy atom. The molecular formula is C15H21N5O8. The SMILES string of the molecule is Nc1nc(C2O[C@H](CO)[C@@H](O)[C@H]2O)nc2c1ncn2[C@@H]1O[C@H](CO)C(O)C1O. The van der Waals surface area contributed by atoms with E-state index in [-0.39, 0.29) is 22.8 Å². The maximum atomic E-state index is 10.2. The molecule has 8 N–H and O–H groups in total. The van der Waals surface area contributed by atoms with Crippen LogP contribution in [-0.4, -0.2) is 100.0 Å². The minimum absolute atomic E-state index is 0.0387. The molecule has 28 heavy (non-hydrogen) atoms. The predicted octanol–water partition coefficient (Wildman–Crippen LogP) is -3.83. The normalized spacial score (nSPS) is 38.5. The molecule has 0 aromatic carbocycles. The molecule has 0 radical (unpaired) electrons. The first-order valence-corrected chi connectivity index (χ1v) is 8.62. The van der Waals surface area contributed by atoms with Crippen LogP contribution in [0.2, 0.25) is 0 Å². The van der Waals surface area contributed by atoms with Gasteiger partial charge in [-0.15, -0.1) is 0 Å². The van der Waals surface area contributed by atoms with Crippen molar-refractivity contribution in [2.45, 2.75) is 49.0 Å². The highest BCUT2D eigenvalue weighted by molar-refractivity contribution is 5.81. The van der Waals surface area contributed by atoms with Crippen molar-refractivity contribution >= 4 is 17.0 Å². The van der Waals surface area contributed by atoms with Crippen molar-refractivity contribution in [2.75, 3.05) is 18.9 Å². The Labute approximate surface area is 157 Å². The number of hydrogen-bond donors (Lipinski definition) is 7. The fourth-order valence-corrected chi connectivity index (χ4v) is 3.49. The number of nitrogens with zero attached hydrogens (tertiary/aromatic N) is 4. The van der Waals surface area contributed by atoms with Crippen LogP contribution >= 0.6 is 0 Å². The molecule has 154 valence electrons. The summed E-state index contributed by atoms with van der Waals surface area (Å²) in [6.45, 7) is -1.00. The third-order valence-corrected chi connectivity index (χ3v) is 5.05. The standard InChI is InChI=1S/C15H21N5O8/c16-12-6-14(19-13(18-12)11-9(25)7(23)4(1-21)27-11)20(3-17-6)15-10(26)8(24)5(2-22)28-15/h3-5,7-11,15,21-26H,1-2H2,(H2,16,18,19)/t4-,5-,7-,8?,9-,10?,11?,15-/m1/s1. The van der Waals surface area contributed by atoms with Crippen molar-refractivity contribution < 1.29 is 40.1 Å². The first kappa shape index (κ1) is 19.4. The van der Waals surface area contributed by atoms with Gasteiger partial charge in [0.05, 0.1) is 19.5 Å². The van der Waals surface area contributed by atoms with Crippen LogP contribution in [0.1, 0.15) is 18.2 Å². The highest BCUT2D eigenvalue weighted by Gasteiger charge is 2.46. The summed E-state index contributed by atoms with van der Waals surface area (Å²) in [6.07, 6.45) is -8.34. The van der Waals surface area contributed by atoms with Crippen LogP contribution in [0, 0.1) is 0 Å². The van der Waals surface area contributed by atoms with Gasteiger partial charge in [-0.2, -0.15) is 0 Å². The highest BCUT2D eigenvalue weighted by atomic mass is 16.6. The molecule has 0 amide bonds. The molecule has 2 aromatic rings. The summed E-state index contributed by atoms with van der Waals surface area (Å²) in [7, 11) is 0. The van der Waals surface area contributed by atoms with Gasteiger partial charge in [0.1, 0.15) is 48.2 Å². The number of aliphatic hydroxyl groups excluding tert-OH is 6. The molecule has 2 aliphatic rings. The third-order valence-electron chi connectivity index (χ3n) is 5.05. The molecule has 2 aliphatic heterocycles. The molecule has 13 nitrogen and oxygen atoms in total.